The van der Waals surface area contributed by atoms with Gasteiger partial charge in [-0.2, -0.15) is 13.2 Å². The van der Waals surface area contributed by atoms with Crippen LogP contribution in [-0.4, -0.2) is 30.3 Å². The summed E-state index contributed by atoms with van der Waals surface area (Å²) in [6.45, 7) is -0.813. The number of nitrogens with one attached hydrogen (secondary N) is 1. The van der Waals surface area contributed by atoms with E-state index in [0.717, 1.165) is 0 Å². The van der Waals surface area contributed by atoms with Crippen LogP contribution in [0.1, 0.15) is 19.3 Å². The SMILES string of the molecule is O=C(O)CCCCNCC(F)(F)F. The summed E-state index contributed by atoms with van der Waals surface area (Å²) in [4.78, 5) is 9.99. The first-order valence-corrected chi connectivity index (χ1v) is 3.91. The van der Waals surface area contributed by atoms with Crippen LogP contribution in [0, 0.1) is 0 Å². The van der Waals surface area contributed by atoms with Gasteiger partial charge in [-0.05, 0) is 19.4 Å². The second-order valence-corrected chi connectivity index (χ2v) is 2.64. The molecule has 0 aromatic carbocycles. The van der Waals surface area contributed by atoms with Gasteiger partial charge in [0.1, 0.15) is 0 Å². The highest BCUT2D eigenvalue weighted by Gasteiger charge is 2.25. The van der Waals surface area contributed by atoms with Crippen molar-refractivity contribution in [3.8, 4) is 0 Å². The van der Waals surface area contributed by atoms with Crippen molar-refractivity contribution in [2.45, 2.75) is 25.4 Å². The van der Waals surface area contributed by atoms with Crippen LogP contribution >= 0.6 is 0 Å². The lowest BCUT2D eigenvalue weighted by molar-refractivity contribution is -0.137. The number of carboxylic acid groups (broad SMARTS) is 1. The van der Waals surface area contributed by atoms with Gasteiger partial charge >= 0.3 is 12.1 Å². The molecule has 0 aliphatic carbocycles. The maximum atomic E-state index is 11.5. The molecule has 0 amide bonds. The smallest absolute Gasteiger partial charge is 0.401 e. The van der Waals surface area contributed by atoms with Crippen molar-refractivity contribution < 1.29 is 23.1 Å². The van der Waals surface area contributed by atoms with Gasteiger partial charge in [-0.15, -0.1) is 0 Å². The number of rotatable bonds is 6. The van der Waals surface area contributed by atoms with Gasteiger partial charge < -0.3 is 10.4 Å². The van der Waals surface area contributed by atoms with Gasteiger partial charge in [0.2, 0.25) is 0 Å². The van der Waals surface area contributed by atoms with Crippen molar-refractivity contribution in [1.82, 2.24) is 5.32 Å². The Balaban J connectivity index is 3.13. The molecule has 0 unspecified atom stereocenters. The Morgan fingerprint density at radius 1 is 1.31 bits per heavy atom. The van der Waals surface area contributed by atoms with Crippen LogP contribution in [0.3, 0.4) is 0 Å². The Labute approximate surface area is 73.9 Å². The molecule has 13 heavy (non-hydrogen) atoms. The molecule has 0 saturated carbocycles. The van der Waals surface area contributed by atoms with Crippen molar-refractivity contribution in [3.63, 3.8) is 0 Å². The molecule has 78 valence electrons. The van der Waals surface area contributed by atoms with Gasteiger partial charge in [-0.3, -0.25) is 4.79 Å². The Kier molecular flexibility index (Phi) is 5.45. The molecule has 0 radical (unpaired) electrons. The van der Waals surface area contributed by atoms with E-state index in [1.165, 1.54) is 0 Å². The minimum absolute atomic E-state index is 0.00764. The summed E-state index contributed by atoms with van der Waals surface area (Å²) in [6, 6.07) is 0. The Morgan fingerprint density at radius 2 is 1.92 bits per heavy atom. The van der Waals surface area contributed by atoms with Crippen LogP contribution in [0.5, 0.6) is 0 Å². The van der Waals surface area contributed by atoms with Crippen LogP contribution in [0.2, 0.25) is 0 Å². The molecule has 0 spiro atoms. The third-order valence-corrected chi connectivity index (χ3v) is 1.32. The van der Waals surface area contributed by atoms with Crippen molar-refractivity contribution in [2.24, 2.45) is 0 Å². The van der Waals surface area contributed by atoms with E-state index >= 15 is 0 Å². The monoisotopic (exact) mass is 199 g/mol. The van der Waals surface area contributed by atoms with Crippen molar-refractivity contribution >= 4 is 5.97 Å². The molecule has 0 bridgehead atoms. The molecule has 0 rings (SSSR count). The summed E-state index contributed by atoms with van der Waals surface area (Å²) >= 11 is 0. The van der Waals surface area contributed by atoms with E-state index < -0.39 is 18.7 Å². The summed E-state index contributed by atoms with van der Waals surface area (Å²) in [5.41, 5.74) is 0. The number of aliphatic carboxylic acids is 1. The van der Waals surface area contributed by atoms with Gasteiger partial charge in [0, 0.05) is 6.42 Å². The Bertz CT molecular complexity index is 158. The average Bonchev–Trinajstić information content (AvgIpc) is 1.93. The lowest BCUT2D eigenvalue weighted by Crippen LogP contribution is -2.29. The standard InChI is InChI=1S/C7H12F3NO2/c8-7(9,10)5-11-4-2-1-3-6(12)13/h11H,1-5H2,(H,12,13). The quantitative estimate of drug-likeness (QED) is 0.635. The van der Waals surface area contributed by atoms with Crippen LogP contribution in [0.4, 0.5) is 13.2 Å². The number of carboxylic acids is 1. The Hall–Kier alpha value is -0.780. The fourth-order valence-corrected chi connectivity index (χ4v) is 0.756. The zero-order valence-electron chi connectivity index (χ0n) is 7.02. The molecule has 2 N–H and O–H groups in total. The number of hydrogen-bond acceptors (Lipinski definition) is 2. The zero-order chi connectivity index (χ0) is 10.3. The molecule has 0 fully saturated rings. The number of carbonyl (C=O) groups is 1. The first-order valence-electron chi connectivity index (χ1n) is 3.91. The summed E-state index contributed by atoms with van der Waals surface area (Å²) < 4.78 is 34.6. The second-order valence-electron chi connectivity index (χ2n) is 2.64. The van der Waals surface area contributed by atoms with E-state index in [4.69, 9.17) is 5.11 Å². The molecule has 6 heteroatoms. The number of halogens is 3. The molecular weight excluding hydrogens is 187 g/mol. The number of unbranched alkanes of at least 4 members (excludes halogenated alkanes) is 1. The molecular formula is C7H12F3NO2. The van der Waals surface area contributed by atoms with Gasteiger partial charge in [0.05, 0.1) is 6.54 Å². The zero-order valence-corrected chi connectivity index (χ0v) is 7.02. The fourth-order valence-electron chi connectivity index (χ4n) is 0.756. The van der Waals surface area contributed by atoms with E-state index in [2.05, 4.69) is 5.32 Å². The summed E-state index contributed by atoms with van der Waals surface area (Å²) in [5.74, 6) is -0.921. The highest BCUT2D eigenvalue weighted by molar-refractivity contribution is 5.66. The molecule has 0 aliphatic rings. The summed E-state index contributed by atoms with van der Waals surface area (Å²) in [5, 5.41) is 10.4. The fraction of sp³-hybridized carbons (Fsp3) is 0.857. The number of alkyl halides is 3. The van der Waals surface area contributed by atoms with Crippen LogP contribution in [0.15, 0.2) is 0 Å². The molecule has 0 aromatic heterocycles. The molecule has 3 nitrogen and oxygen atoms in total. The minimum Gasteiger partial charge on any atom is -0.481 e. The molecule has 0 aromatic rings. The van der Waals surface area contributed by atoms with Crippen LogP contribution in [-0.2, 0) is 4.79 Å². The molecule has 0 aliphatic heterocycles. The van der Waals surface area contributed by atoms with E-state index in [0.29, 0.717) is 12.8 Å². The maximum absolute atomic E-state index is 11.5. The number of hydrogen-bond donors (Lipinski definition) is 2. The third kappa shape index (κ3) is 11.2. The third-order valence-electron chi connectivity index (χ3n) is 1.32. The van der Waals surface area contributed by atoms with Crippen molar-refractivity contribution in [3.05, 3.63) is 0 Å². The largest absolute Gasteiger partial charge is 0.481 e. The lowest BCUT2D eigenvalue weighted by atomic mass is 10.2. The van der Waals surface area contributed by atoms with E-state index in [9.17, 15) is 18.0 Å². The summed E-state index contributed by atoms with van der Waals surface area (Å²) in [6.07, 6.45) is -3.33. The predicted octanol–water partition coefficient (Wildman–Crippen LogP) is 1.39. The second kappa shape index (κ2) is 5.80. The Morgan fingerprint density at radius 3 is 2.38 bits per heavy atom. The first kappa shape index (κ1) is 12.2. The van der Waals surface area contributed by atoms with Gasteiger partial charge in [-0.1, -0.05) is 0 Å². The topological polar surface area (TPSA) is 49.3 Å². The highest BCUT2D eigenvalue weighted by Crippen LogP contribution is 2.12. The highest BCUT2D eigenvalue weighted by atomic mass is 19.4. The molecule has 0 atom stereocenters. The first-order chi connectivity index (χ1) is 5.92. The van der Waals surface area contributed by atoms with Crippen LogP contribution in [0.25, 0.3) is 0 Å². The van der Waals surface area contributed by atoms with E-state index in [1.54, 1.807) is 0 Å². The molecule has 0 saturated heterocycles. The predicted molar refractivity (Wildman–Crippen MR) is 40.4 cm³/mol. The van der Waals surface area contributed by atoms with Crippen molar-refractivity contribution in [2.75, 3.05) is 13.1 Å². The normalized spacial score (nSPS) is 11.6. The maximum Gasteiger partial charge on any atom is 0.401 e. The van der Waals surface area contributed by atoms with E-state index in [-0.39, 0.29) is 13.0 Å². The lowest BCUT2D eigenvalue weighted by Gasteiger charge is -2.06. The molecule has 0 heterocycles. The van der Waals surface area contributed by atoms with Gasteiger partial charge in [0.25, 0.3) is 0 Å². The average molecular weight is 199 g/mol. The van der Waals surface area contributed by atoms with E-state index in [1.807, 2.05) is 0 Å². The van der Waals surface area contributed by atoms with Gasteiger partial charge in [-0.25, -0.2) is 0 Å². The summed E-state index contributed by atoms with van der Waals surface area (Å²) in [7, 11) is 0. The minimum atomic E-state index is -4.19. The van der Waals surface area contributed by atoms with Crippen molar-refractivity contribution in [1.29, 1.82) is 0 Å². The van der Waals surface area contributed by atoms with Gasteiger partial charge in [0.15, 0.2) is 0 Å². The van der Waals surface area contributed by atoms with Crippen LogP contribution < -0.4 is 5.32 Å².